The van der Waals surface area contributed by atoms with Crippen LogP contribution in [-0.4, -0.2) is 57.8 Å². The highest BCUT2D eigenvalue weighted by atomic mass is 16.2. The number of aryl methyl sites for hydroxylation is 1. The topological polar surface area (TPSA) is 78.4 Å². The van der Waals surface area contributed by atoms with Crippen LogP contribution in [0.25, 0.3) is 0 Å². The lowest BCUT2D eigenvalue weighted by molar-refractivity contribution is -0.135. The van der Waals surface area contributed by atoms with Crippen LogP contribution in [0.4, 0.5) is 0 Å². The van der Waals surface area contributed by atoms with Crippen molar-refractivity contribution in [3.8, 4) is 0 Å². The summed E-state index contributed by atoms with van der Waals surface area (Å²) in [6.07, 6.45) is 4.54. The van der Waals surface area contributed by atoms with Crippen molar-refractivity contribution in [3.63, 3.8) is 0 Å². The quantitative estimate of drug-likeness (QED) is 0.740. The lowest BCUT2D eigenvalue weighted by Gasteiger charge is -2.37. The Kier molecular flexibility index (Phi) is 7.74. The maximum absolute atomic E-state index is 13.3. The molecule has 1 saturated heterocycles. The Morgan fingerprint density at radius 3 is 2.65 bits per heavy atom. The van der Waals surface area contributed by atoms with Crippen molar-refractivity contribution in [2.45, 2.75) is 58.7 Å². The molecule has 2 heterocycles. The van der Waals surface area contributed by atoms with Gasteiger partial charge in [0.1, 0.15) is 5.82 Å². The normalized spacial score (nSPS) is 16.9. The van der Waals surface area contributed by atoms with Crippen molar-refractivity contribution in [3.05, 3.63) is 59.2 Å². The number of aromatic nitrogens is 2. The van der Waals surface area contributed by atoms with Crippen molar-refractivity contribution in [2.24, 2.45) is 0 Å². The fourth-order valence-electron chi connectivity index (χ4n) is 4.14. The Hall–Kier alpha value is -2.80. The number of piperidine rings is 1. The van der Waals surface area contributed by atoms with E-state index in [1.54, 1.807) is 13.2 Å². The average molecular weight is 424 g/mol. The zero-order valence-corrected chi connectivity index (χ0v) is 19.0. The Bertz CT molecular complexity index is 900. The SMILES string of the molecule is CNC(=O)c1cnc(C)nc1C1CCCCN1CC(=O)N(Cc1ccccc1)C(C)C. The molecule has 1 fully saturated rings. The van der Waals surface area contributed by atoms with Crippen LogP contribution in [0.15, 0.2) is 36.5 Å². The molecule has 1 atom stereocenters. The Balaban J connectivity index is 1.83. The Labute approximate surface area is 184 Å². The molecule has 1 aromatic carbocycles. The molecule has 0 spiro atoms. The van der Waals surface area contributed by atoms with Gasteiger partial charge in [0.05, 0.1) is 23.8 Å². The summed E-state index contributed by atoms with van der Waals surface area (Å²) in [6.45, 7) is 7.63. The second-order valence-corrected chi connectivity index (χ2v) is 8.38. The van der Waals surface area contributed by atoms with E-state index in [0.717, 1.165) is 37.1 Å². The van der Waals surface area contributed by atoms with Gasteiger partial charge in [-0.1, -0.05) is 36.8 Å². The summed E-state index contributed by atoms with van der Waals surface area (Å²) in [4.78, 5) is 38.7. The molecule has 1 aromatic heterocycles. The number of carbonyl (C=O) groups excluding carboxylic acids is 2. The van der Waals surface area contributed by atoms with E-state index in [1.165, 1.54) is 0 Å². The molecule has 0 bridgehead atoms. The van der Waals surface area contributed by atoms with Gasteiger partial charge in [0.15, 0.2) is 0 Å². The molecule has 1 aliphatic rings. The molecule has 2 amide bonds. The molecule has 1 unspecified atom stereocenters. The van der Waals surface area contributed by atoms with Gasteiger partial charge in [0.2, 0.25) is 5.91 Å². The van der Waals surface area contributed by atoms with Gasteiger partial charge in [-0.15, -0.1) is 0 Å². The molecule has 7 heteroatoms. The highest BCUT2D eigenvalue weighted by Crippen LogP contribution is 2.31. The number of amides is 2. The van der Waals surface area contributed by atoms with E-state index in [1.807, 2.05) is 56.0 Å². The summed E-state index contributed by atoms with van der Waals surface area (Å²) < 4.78 is 0. The minimum absolute atomic E-state index is 0.0718. The molecular formula is C24H33N5O2. The zero-order valence-electron chi connectivity index (χ0n) is 19.0. The lowest BCUT2D eigenvalue weighted by atomic mass is 9.96. The molecule has 1 N–H and O–H groups in total. The van der Waals surface area contributed by atoms with Crippen molar-refractivity contribution >= 4 is 11.8 Å². The van der Waals surface area contributed by atoms with E-state index in [2.05, 4.69) is 20.2 Å². The first-order valence-corrected chi connectivity index (χ1v) is 11.0. The van der Waals surface area contributed by atoms with Crippen LogP contribution in [0.2, 0.25) is 0 Å². The average Bonchev–Trinajstić information content (AvgIpc) is 2.77. The number of hydrogen-bond donors (Lipinski definition) is 1. The zero-order chi connectivity index (χ0) is 22.4. The van der Waals surface area contributed by atoms with Gasteiger partial charge in [-0.2, -0.15) is 0 Å². The fourth-order valence-corrected chi connectivity index (χ4v) is 4.14. The summed E-state index contributed by atoms with van der Waals surface area (Å²) in [5.74, 6) is 0.533. The minimum Gasteiger partial charge on any atom is -0.355 e. The smallest absolute Gasteiger partial charge is 0.254 e. The first-order chi connectivity index (χ1) is 14.9. The lowest BCUT2D eigenvalue weighted by Crippen LogP contribution is -2.46. The number of rotatable bonds is 7. The van der Waals surface area contributed by atoms with Crippen LogP contribution in [0.1, 0.15) is 66.6 Å². The van der Waals surface area contributed by atoms with Crippen molar-refractivity contribution < 1.29 is 9.59 Å². The van der Waals surface area contributed by atoms with Gasteiger partial charge in [-0.25, -0.2) is 9.97 Å². The number of carbonyl (C=O) groups is 2. The van der Waals surface area contributed by atoms with Crippen LogP contribution in [0.3, 0.4) is 0 Å². The molecule has 0 saturated carbocycles. The molecule has 0 aliphatic carbocycles. The Morgan fingerprint density at radius 1 is 1.23 bits per heavy atom. The van der Waals surface area contributed by atoms with E-state index < -0.39 is 0 Å². The second kappa shape index (κ2) is 10.5. The molecule has 7 nitrogen and oxygen atoms in total. The van der Waals surface area contributed by atoms with Gasteiger partial charge < -0.3 is 10.2 Å². The van der Waals surface area contributed by atoms with Gasteiger partial charge >= 0.3 is 0 Å². The number of nitrogens with one attached hydrogen (secondary N) is 1. The monoisotopic (exact) mass is 423 g/mol. The van der Waals surface area contributed by atoms with E-state index in [-0.39, 0.29) is 23.9 Å². The Morgan fingerprint density at radius 2 is 1.97 bits per heavy atom. The third kappa shape index (κ3) is 5.67. The minimum atomic E-state index is -0.195. The number of nitrogens with zero attached hydrogens (tertiary/aromatic N) is 4. The highest BCUT2D eigenvalue weighted by Gasteiger charge is 2.31. The van der Waals surface area contributed by atoms with Crippen LogP contribution in [-0.2, 0) is 11.3 Å². The predicted octanol–water partition coefficient (Wildman–Crippen LogP) is 3.11. The standard InChI is InChI=1S/C24H33N5O2/c1-17(2)29(15-19-10-6-5-7-11-19)22(30)16-28-13-9-8-12-21(28)23-20(24(31)25-4)14-26-18(3)27-23/h5-7,10-11,14,17,21H,8-9,12-13,15-16H2,1-4H3,(H,25,31). The maximum atomic E-state index is 13.3. The molecular weight excluding hydrogens is 390 g/mol. The molecule has 1 aliphatic heterocycles. The van der Waals surface area contributed by atoms with Crippen molar-refractivity contribution in [1.82, 2.24) is 25.1 Å². The van der Waals surface area contributed by atoms with Crippen LogP contribution < -0.4 is 5.32 Å². The van der Waals surface area contributed by atoms with Crippen LogP contribution >= 0.6 is 0 Å². The molecule has 2 aromatic rings. The third-order valence-electron chi connectivity index (χ3n) is 5.82. The largest absolute Gasteiger partial charge is 0.355 e. The number of likely N-dealkylation sites (tertiary alicyclic amines) is 1. The van der Waals surface area contributed by atoms with Crippen LogP contribution in [0, 0.1) is 6.92 Å². The van der Waals surface area contributed by atoms with Gasteiger partial charge in [-0.3, -0.25) is 14.5 Å². The summed E-state index contributed by atoms with van der Waals surface area (Å²) in [6, 6.07) is 10.1. The van der Waals surface area contributed by atoms with Crippen molar-refractivity contribution in [2.75, 3.05) is 20.1 Å². The molecule has 3 rings (SSSR count). The number of hydrogen-bond acceptors (Lipinski definition) is 5. The summed E-state index contributed by atoms with van der Waals surface area (Å²) >= 11 is 0. The summed E-state index contributed by atoms with van der Waals surface area (Å²) in [7, 11) is 1.61. The predicted molar refractivity (Wildman–Crippen MR) is 120 cm³/mol. The maximum Gasteiger partial charge on any atom is 0.254 e. The molecule has 31 heavy (non-hydrogen) atoms. The highest BCUT2D eigenvalue weighted by molar-refractivity contribution is 5.95. The molecule has 0 radical (unpaired) electrons. The first kappa shape index (κ1) is 22.9. The summed E-state index contributed by atoms with van der Waals surface area (Å²) in [5, 5.41) is 2.68. The summed E-state index contributed by atoms with van der Waals surface area (Å²) in [5.41, 5.74) is 2.33. The molecule has 166 valence electrons. The van der Waals surface area contributed by atoms with Crippen LogP contribution in [0.5, 0.6) is 0 Å². The van der Waals surface area contributed by atoms with Gasteiger partial charge in [-0.05, 0) is 45.7 Å². The van der Waals surface area contributed by atoms with Gasteiger partial charge in [0.25, 0.3) is 5.91 Å². The first-order valence-electron chi connectivity index (χ1n) is 11.0. The fraction of sp³-hybridized carbons (Fsp3) is 0.500. The van der Waals surface area contributed by atoms with E-state index >= 15 is 0 Å². The van der Waals surface area contributed by atoms with E-state index in [0.29, 0.717) is 24.5 Å². The van der Waals surface area contributed by atoms with E-state index in [9.17, 15) is 9.59 Å². The van der Waals surface area contributed by atoms with Crippen molar-refractivity contribution in [1.29, 1.82) is 0 Å². The second-order valence-electron chi connectivity index (χ2n) is 8.38. The third-order valence-corrected chi connectivity index (χ3v) is 5.82. The number of benzene rings is 1. The van der Waals surface area contributed by atoms with E-state index in [4.69, 9.17) is 0 Å². The van der Waals surface area contributed by atoms with Gasteiger partial charge in [0, 0.05) is 25.8 Å².